The first-order valence-corrected chi connectivity index (χ1v) is 13.6. The van der Waals surface area contributed by atoms with Gasteiger partial charge in [0.1, 0.15) is 18.4 Å². The number of benzene rings is 3. The van der Waals surface area contributed by atoms with E-state index in [1.807, 2.05) is 30.3 Å². The van der Waals surface area contributed by atoms with Crippen molar-refractivity contribution in [2.75, 3.05) is 19.8 Å². The molecule has 1 saturated heterocycles. The summed E-state index contributed by atoms with van der Waals surface area (Å²) in [7, 11) is -4.15. The van der Waals surface area contributed by atoms with Crippen LogP contribution in [0.3, 0.4) is 0 Å². The summed E-state index contributed by atoms with van der Waals surface area (Å²) in [6.07, 6.45) is 0.368. The van der Waals surface area contributed by atoms with E-state index in [1.165, 1.54) is 12.1 Å². The standard InChI is InChI=1S/C26H26BrNO7S/c27-21-11-7-19(8-12-21)20-9-13-23(14-10-20)36(31,32)28-24(25(29)30)17-26(34-15-4-16-35-26)18-33-22-5-2-1-3-6-22/h1-3,5-14,24,28H,4,15-18H2,(H,29,30). The van der Waals surface area contributed by atoms with Gasteiger partial charge in [-0.1, -0.05) is 58.4 Å². The monoisotopic (exact) mass is 575 g/mol. The summed E-state index contributed by atoms with van der Waals surface area (Å²) >= 11 is 3.39. The molecule has 3 aromatic rings. The molecule has 3 aromatic carbocycles. The first kappa shape index (κ1) is 26.3. The second kappa shape index (κ2) is 11.5. The Kier molecular flexibility index (Phi) is 8.43. The van der Waals surface area contributed by atoms with Gasteiger partial charge in [-0.3, -0.25) is 4.79 Å². The molecule has 4 rings (SSSR count). The molecule has 36 heavy (non-hydrogen) atoms. The molecule has 0 aliphatic carbocycles. The molecular formula is C26H26BrNO7S. The highest BCUT2D eigenvalue weighted by molar-refractivity contribution is 9.10. The van der Waals surface area contributed by atoms with Gasteiger partial charge in [-0.15, -0.1) is 0 Å². The van der Waals surface area contributed by atoms with Crippen LogP contribution in [-0.2, 0) is 24.3 Å². The molecule has 2 N–H and O–H groups in total. The van der Waals surface area contributed by atoms with E-state index in [9.17, 15) is 18.3 Å². The molecule has 0 amide bonds. The average Bonchev–Trinajstić information content (AvgIpc) is 2.89. The van der Waals surface area contributed by atoms with Crippen LogP contribution in [-0.4, -0.2) is 51.1 Å². The van der Waals surface area contributed by atoms with Gasteiger partial charge in [-0.25, -0.2) is 8.42 Å². The highest BCUT2D eigenvalue weighted by Crippen LogP contribution is 2.28. The van der Waals surface area contributed by atoms with Crippen LogP contribution in [0.5, 0.6) is 5.75 Å². The van der Waals surface area contributed by atoms with Gasteiger partial charge in [-0.2, -0.15) is 4.72 Å². The van der Waals surface area contributed by atoms with Crippen LogP contribution in [0.4, 0.5) is 0 Å². The van der Waals surface area contributed by atoms with Crippen molar-refractivity contribution < 1.29 is 32.5 Å². The molecule has 10 heteroatoms. The van der Waals surface area contributed by atoms with Gasteiger partial charge in [0.2, 0.25) is 15.8 Å². The maximum Gasteiger partial charge on any atom is 0.321 e. The van der Waals surface area contributed by atoms with E-state index in [0.717, 1.165) is 15.6 Å². The lowest BCUT2D eigenvalue weighted by molar-refractivity contribution is -0.283. The third-order valence-electron chi connectivity index (χ3n) is 5.67. The zero-order valence-electron chi connectivity index (χ0n) is 19.3. The van der Waals surface area contributed by atoms with Crippen molar-refractivity contribution in [2.45, 2.75) is 29.6 Å². The maximum absolute atomic E-state index is 13.1. The van der Waals surface area contributed by atoms with Crippen LogP contribution >= 0.6 is 15.9 Å². The highest BCUT2D eigenvalue weighted by atomic mass is 79.9. The minimum atomic E-state index is -4.15. The number of sulfonamides is 1. The van der Waals surface area contributed by atoms with Gasteiger partial charge < -0.3 is 19.3 Å². The summed E-state index contributed by atoms with van der Waals surface area (Å²) in [4.78, 5) is 12.0. The second-order valence-electron chi connectivity index (χ2n) is 8.31. The van der Waals surface area contributed by atoms with Crippen LogP contribution < -0.4 is 9.46 Å². The molecule has 1 unspecified atom stereocenters. The SMILES string of the molecule is O=C(O)C(CC1(COc2ccccc2)OCCCO1)NS(=O)(=O)c1ccc(-c2ccc(Br)cc2)cc1. The van der Waals surface area contributed by atoms with Crippen LogP contribution in [0.1, 0.15) is 12.8 Å². The fourth-order valence-electron chi connectivity index (χ4n) is 3.80. The number of nitrogens with one attached hydrogen (secondary N) is 1. The smallest absolute Gasteiger partial charge is 0.321 e. The number of rotatable bonds is 10. The van der Waals surface area contributed by atoms with Crippen molar-refractivity contribution in [3.63, 3.8) is 0 Å². The Morgan fingerprint density at radius 3 is 2.14 bits per heavy atom. The van der Waals surface area contributed by atoms with Crippen molar-refractivity contribution >= 4 is 31.9 Å². The van der Waals surface area contributed by atoms with Gasteiger partial charge in [0.15, 0.2) is 0 Å². The number of ether oxygens (including phenoxy) is 3. The molecule has 1 heterocycles. The van der Waals surface area contributed by atoms with Gasteiger partial charge in [0.25, 0.3) is 0 Å². The van der Waals surface area contributed by atoms with E-state index in [1.54, 1.807) is 36.4 Å². The van der Waals surface area contributed by atoms with E-state index in [2.05, 4.69) is 20.7 Å². The summed E-state index contributed by atoms with van der Waals surface area (Å²) < 4.78 is 46.8. The van der Waals surface area contributed by atoms with E-state index in [-0.39, 0.29) is 17.9 Å². The molecule has 0 spiro atoms. The first-order valence-electron chi connectivity index (χ1n) is 11.3. The van der Waals surface area contributed by atoms with E-state index >= 15 is 0 Å². The lowest BCUT2D eigenvalue weighted by atomic mass is 10.1. The number of para-hydroxylation sites is 1. The lowest BCUT2D eigenvalue weighted by Gasteiger charge is -2.38. The maximum atomic E-state index is 13.1. The molecule has 0 saturated carbocycles. The molecule has 1 aliphatic rings. The Labute approximate surface area is 218 Å². The molecule has 1 fully saturated rings. The third-order valence-corrected chi connectivity index (χ3v) is 7.69. The molecular weight excluding hydrogens is 550 g/mol. The van der Waals surface area contributed by atoms with Crippen molar-refractivity contribution in [1.82, 2.24) is 4.72 Å². The summed E-state index contributed by atoms with van der Waals surface area (Å²) in [5.41, 5.74) is 1.75. The predicted octanol–water partition coefficient (Wildman–Crippen LogP) is 4.45. The Morgan fingerprint density at radius 1 is 0.972 bits per heavy atom. The van der Waals surface area contributed by atoms with Crippen molar-refractivity contribution in [3.05, 3.63) is 83.3 Å². The topological polar surface area (TPSA) is 111 Å². The number of carboxylic acids is 1. The zero-order chi connectivity index (χ0) is 25.6. The third kappa shape index (κ3) is 6.71. The highest BCUT2D eigenvalue weighted by Gasteiger charge is 2.42. The molecule has 0 radical (unpaired) electrons. The van der Waals surface area contributed by atoms with Gasteiger partial charge in [0.05, 0.1) is 18.1 Å². The van der Waals surface area contributed by atoms with Gasteiger partial charge >= 0.3 is 5.97 Å². The largest absolute Gasteiger partial charge is 0.488 e. The number of aliphatic carboxylic acids is 1. The van der Waals surface area contributed by atoms with E-state index in [4.69, 9.17) is 14.2 Å². The normalized spacial score (nSPS) is 16.2. The number of hydrogen-bond donors (Lipinski definition) is 2. The Hall–Kier alpha value is -2.76. The summed E-state index contributed by atoms with van der Waals surface area (Å²) in [5, 5.41) is 9.85. The minimum Gasteiger partial charge on any atom is -0.488 e. The van der Waals surface area contributed by atoms with Crippen molar-refractivity contribution in [1.29, 1.82) is 0 Å². The van der Waals surface area contributed by atoms with E-state index in [0.29, 0.717) is 25.4 Å². The molecule has 0 aromatic heterocycles. The van der Waals surface area contributed by atoms with Crippen LogP contribution in [0.2, 0.25) is 0 Å². The molecule has 1 atom stereocenters. The van der Waals surface area contributed by atoms with Gasteiger partial charge in [0, 0.05) is 10.9 Å². The quantitative estimate of drug-likeness (QED) is 0.367. The van der Waals surface area contributed by atoms with E-state index < -0.39 is 27.8 Å². The second-order valence-corrected chi connectivity index (χ2v) is 10.9. The Bertz CT molecular complexity index is 1260. The number of halogens is 1. The Balaban J connectivity index is 1.50. The summed E-state index contributed by atoms with van der Waals surface area (Å²) in [6.45, 7) is 0.591. The summed E-state index contributed by atoms with van der Waals surface area (Å²) in [5.74, 6) is -2.19. The van der Waals surface area contributed by atoms with Crippen LogP contribution in [0.25, 0.3) is 11.1 Å². The van der Waals surface area contributed by atoms with Gasteiger partial charge in [-0.05, 0) is 53.9 Å². The minimum absolute atomic E-state index is 0.0466. The van der Waals surface area contributed by atoms with Crippen molar-refractivity contribution in [3.8, 4) is 16.9 Å². The predicted molar refractivity (Wildman–Crippen MR) is 137 cm³/mol. The van der Waals surface area contributed by atoms with Crippen LogP contribution in [0, 0.1) is 0 Å². The molecule has 0 bridgehead atoms. The zero-order valence-corrected chi connectivity index (χ0v) is 21.7. The number of hydrogen-bond acceptors (Lipinski definition) is 6. The average molecular weight is 576 g/mol. The van der Waals surface area contributed by atoms with Crippen LogP contribution in [0.15, 0.2) is 88.2 Å². The first-order chi connectivity index (χ1) is 17.3. The molecule has 190 valence electrons. The fraction of sp³-hybridized carbons (Fsp3) is 0.269. The summed E-state index contributed by atoms with van der Waals surface area (Å²) in [6, 6.07) is 21.3. The molecule has 1 aliphatic heterocycles. The fourth-order valence-corrected chi connectivity index (χ4v) is 5.26. The number of carbonyl (C=O) groups is 1. The number of carboxylic acid groups (broad SMARTS) is 1. The molecule has 8 nitrogen and oxygen atoms in total. The van der Waals surface area contributed by atoms with Crippen molar-refractivity contribution in [2.24, 2.45) is 0 Å². The Morgan fingerprint density at radius 2 is 1.56 bits per heavy atom. The lowest BCUT2D eigenvalue weighted by Crippen LogP contribution is -2.53.